The third kappa shape index (κ3) is 1.59. The predicted molar refractivity (Wildman–Crippen MR) is 51.5 cm³/mol. The average molecular weight is 192 g/mol. The Bertz CT molecular complexity index is 421. The first-order chi connectivity index (χ1) is 6.65. The zero-order valence-electron chi connectivity index (χ0n) is 8.18. The van der Waals surface area contributed by atoms with E-state index in [2.05, 4.69) is 15.3 Å². The summed E-state index contributed by atoms with van der Waals surface area (Å²) in [6.07, 6.45) is 3.61. The fourth-order valence-electron chi connectivity index (χ4n) is 1.24. The highest BCUT2D eigenvalue weighted by Crippen LogP contribution is 2.07. The second-order valence-corrected chi connectivity index (χ2v) is 3.22. The number of anilines is 1. The molecule has 0 bridgehead atoms. The van der Waals surface area contributed by atoms with Gasteiger partial charge in [-0.2, -0.15) is 20.1 Å². The lowest BCUT2D eigenvalue weighted by molar-refractivity contribution is 0.621. The number of nitrogens with zero attached hydrogens (tertiary/aromatic N) is 5. The van der Waals surface area contributed by atoms with E-state index in [1.165, 1.54) is 4.80 Å². The van der Waals surface area contributed by atoms with Gasteiger partial charge < -0.3 is 5.73 Å². The number of hydrogen-bond acceptors (Lipinski definition) is 4. The summed E-state index contributed by atoms with van der Waals surface area (Å²) in [5, 5.41) is 12.3. The molecule has 0 atom stereocenters. The smallest absolute Gasteiger partial charge is 0.148 e. The standard InChI is InChI=1S/C8H12N6/c1-6-4-14(12-8(6)9)5-7-3-10-13(2)11-7/h3-4H,5H2,1-2H3,(H2,9,12). The van der Waals surface area contributed by atoms with Crippen LogP contribution in [0.1, 0.15) is 11.3 Å². The van der Waals surface area contributed by atoms with Crippen LogP contribution in [-0.4, -0.2) is 24.8 Å². The van der Waals surface area contributed by atoms with Crippen LogP contribution in [0.15, 0.2) is 12.4 Å². The third-order valence-corrected chi connectivity index (χ3v) is 1.95. The molecule has 0 radical (unpaired) electrons. The molecule has 74 valence electrons. The minimum Gasteiger partial charge on any atom is -0.382 e. The Morgan fingerprint density at radius 2 is 2.21 bits per heavy atom. The van der Waals surface area contributed by atoms with Gasteiger partial charge in [-0.15, -0.1) is 0 Å². The number of aryl methyl sites for hydroxylation is 2. The predicted octanol–water partition coefficient (Wildman–Crippen LogP) is -0.0495. The number of nitrogens with two attached hydrogens (primary N) is 1. The van der Waals surface area contributed by atoms with Gasteiger partial charge in [-0.05, 0) is 6.92 Å². The quantitative estimate of drug-likeness (QED) is 0.724. The summed E-state index contributed by atoms with van der Waals surface area (Å²) in [5.74, 6) is 0.564. The average Bonchev–Trinajstić information content (AvgIpc) is 2.62. The first-order valence-electron chi connectivity index (χ1n) is 4.30. The maximum atomic E-state index is 5.63. The van der Waals surface area contributed by atoms with Crippen LogP contribution in [0.3, 0.4) is 0 Å². The molecule has 0 aliphatic heterocycles. The SMILES string of the molecule is Cc1cn(Cc2cnn(C)n2)nc1N. The molecular formula is C8H12N6. The van der Waals surface area contributed by atoms with E-state index >= 15 is 0 Å². The first kappa shape index (κ1) is 8.74. The van der Waals surface area contributed by atoms with E-state index < -0.39 is 0 Å². The minimum absolute atomic E-state index is 0.564. The minimum atomic E-state index is 0.564. The van der Waals surface area contributed by atoms with Crippen molar-refractivity contribution >= 4 is 5.82 Å². The molecule has 0 aliphatic carbocycles. The third-order valence-electron chi connectivity index (χ3n) is 1.95. The molecule has 0 saturated carbocycles. The van der Waals surface area contributed by atoms with Gasteiger partial charge in [0.25, 0.3) is 0 Å². The van der Waals surface area contributed by atoms with E-state index in [9.17, 15) is 0 Å². The maximum Gasteiger partial charge on any atom is 0.148 e. The molecule has 0 aromatic carbocycles. The Morgan fingerprint density at radius 3 is 2.71 bits per heavy atom. The summed E-state index contributed by atoms with van der Waals surface area (Å²) in [5.41, 5.74) is 7.48. The highest BCUT2D eigenvalue weighted by atomic mass is 15.5. The molecule has 0 amide bonds. The van der Waals surface area contributed by atoms with Crippen molar-refractivity contribution in [2.24, 2.45) is 7.05 Å². The molecule has 0 unspecified atom stereocenters. The van der Waals surface area contributed by atoms with Gasteiger partial charge in [0.1, 0.15) is 11.5 Å². The lowest BCUT2D eigenvalue weighted by Gasteiger charge is -1.95. The first-order valence-corrected chi connectivity index (χ1v) is 4.30. The van der Waals surface area contributed by atoms with Crippen molar-refractivity contribution in [3.05, 3.63) is 23.7 Å². The van der Waals surface area contributed by atoms with Crippen LogP contribution < -0.4 is 5.73 Å². The van der Waals surface area contributed by atoms with E-state index in [0.717, 1.165) is 11.3 Å². The van der Waals surface area contributed by atoms with Crippen molar-refractivity contribution in [2.75, 3.05) is 5.73 Å². The second-order valence-electron chi connectivity index (χ2n) is 3.22. The van der Waals surface area contributed by atoms with Crippen LogP contribution in [0.5, 0.6) is 0 Å². The van der Waals surface area contributed by atoms with Gasteiger partial charge in [0.2, 0.25) is 0 Å². The number of hydrogen-bond donors (Lipinski definition) is 1. The van der Waals surface area contributed by atoms with E-state index in [1.54, 1.807) is 17.9 Å². The maximum absolute atomic E-state index is 5.63. The summed E-state index contributed by atoms with van der Waals surface area (Å²) in [7, 11) is 1.78. The van der Waals surface area contributed by atoms with E-state index in [1.807, 2.05) is 13.1 Å². The Kier molecular flexibility index (Phi) is 1.95. The van der Waals surface area contributed by atoms with Crippen LogP contribution >= 0.6 is 0 Å². The van der Waals surface area contributed by atoms with Gasteiger partial charge >= 0.3 is 0 Å². The number of aromatic nitrogens is 5. The molecular weight excluding hydrogens is 180 g/mol. The van der Waals surface area contributed by atoms with Gasteiger partial charge in [-0.3, -0.25) is 4.68 Å². The number of rotatable bonds is 2. The lowest BCUT2D eigenvalue weighted by atomic mass is 10.4. The molecule has 2 aromatic rings. The fraction of sp³-hybridized carbons (Fsp3) is 0.375. The Balaban J connectivity index is 2.18. The summed E-state index contributed by atoms with van der Waals surface area (Å²) in [6, 6.07) is 0. The van der Waals surface area contributed by atoms with Crippen molar-refractivity contribution in [3.8, 4) is 0 Å². The van der Waals surface area contributed by atoms with E-state index in [4.69, 9.17) is 5.73 Å². The van der Waals surface area contributed by atoms with Gasteiger partial charge in [-0.1, -0.05) is 0 Å². The summed E-state index contributed by atoms with van der Waals surface area (Å²) in [4.78, 5) is 1.52. The highest BCUT2D eigenvalue weighted by molar-refractivity contribution is 5.35. The van der Waals surface area contributed by atoms with Crippen molar-refractivity contribution in [3.63, 3.8) is 0 Å². The molecule has 6 nitrogen and oxygen atoms in total. The van der Waals surface area contributed by atoms with Crippen LogP contribution in [0.4, 0.5) is 5.82 Å². The largest absolute Gasteiger partial charge is 0.382 e. The van der Waals surface area contributed by atoms with Crippen LogP contribution in [-0.2, 0) is 13.6 Å². The van der Waals surface area contributed by atoms with E-state index in [0.29, 0.717) is 12.4 Å². The zero-order chi connectivity index (χ0) is 10.1. The van der Waals surface area contributed by atoms with Gasteiger partial charge in [0.15, 0.2) is 0 Å². The fourth-order valence-corrected chi connectivity index (χ4v) is 1.24. The zero-order valence-corrected chi connectivity index (χ0v) is 8.18. The van der Waals surface area contributed by atoms with Crippen molar-refractivity contribution < 1.29 is 0 Å². The second kappa shape index (κ2) is 3.13. The van der Waals surface area contributed by atoms with Crippen molar-refractivity contribution in [2.45, 2.75) is 13.5 Å². The van der Waals surface area contributed by atoms with E-state index in [-0.39, 0.29) is 0 Å². The molecule has 2 heterocycles. The van der Waals surface area contributed by atoms with Crippen molar-refractivity contribution in [1.29, 1.82) is 0 Å². The molecule has 0 spiro atoms. The summed E-state index contributed by atoms with van der Waals surface area (Å²) < 4.78 is 1.76. The molecule has 2 rings (SSSR count). The molecule has 0 fully saturated rings. The highest BCUT2D eigenvalue weighted by Gasteiger charge is 2.03. The van der Waals surface area contributed by atoms with Crippen LogP contribution in [0.25, 0.3) is 0 Å². The van der Waals surface area contributed by atoms with Crippen LogP contribution in [0, 0.1) is 6.92 Å². The lowest BCUT2D eigenvalue weighted by Crippen LogP contribution is -2.02. The van der Waals surface area contributed by atoms with Gasteiger partial charge in [0.05, 0.1) is 12.7 Å². The van der Waals surface area contributed by atoms with Crippen LogP contribution in [0.2, 0.25) is 0 Å². The molecule has 0 saturated heterocycles. The Hall–Kier alpha value is -1.85. The van der Waals surface area contributed by atoms with Gasteiger partial charge in [0, 0.05) is 18.8 Å². The van der Waals surface area contributed by atoms with Gasteiger partial charge in [-0.25, -0.2) is 0 Å². The number of nitrogen functional groups attached to an aromatic ring is 1. The Morgan fingerprint density at radius 1 is 1.43 bits per heavy atom. The van der Waals surface area contributed by atoms with Crippen molar-refractivity contribution in [1.82, 2.24) is 24.8 Å². The summed E-state index contributed by atoms with van der Waals surface area (Å²) in [6.45, 7) is 2.53. The molecule has 2 N–H and O–H groups in total. The summed E-state index contributed by atoms with van der Waals surface area (Å²) >= 11 is 0. The molecule has 14 heavy (non-hydrogen) atoms. The molecule has 6 heteroatoms. The molecule has 2 aromatic heterocycles. The monoisotopic (exact) mass is 192 g/mol. The Labute approximate surface area is 81.3 Å². The molecule has 0 aliphatic rings. The topological polar surface area (TPSA) is 74.5 Å². The normalized spacial score (nSPS) is 10.7.